The third-order valence-corrected chi connectivity index (χ3v) is 5.67. The van der Waals surface area contributed by atoms with E-state index in [1.54, 1.807) is 11.3 Å². The van der Waals surface area contributed by atoms with Gasteiger partial charge in [0, 0.05) is 30.6 Å². The lowest BCUT2D eigenvalue weighted by Gasteiger charge is -2.24. The molecule has 0 radical (unpaired) electrons. The maximum Gasteiger partial charge on any atom is 0.107 e. The van der Waals surface area contributed by atoms with Crippen molar-refractivity contribution in [3.05, 3.63) is 76.7 Å². The van der Waals surface area contributed by atoms with Gasteiger partial charge in [-0.1, -0.05) is 54.6 Å². The molecule has 0 saturated carbocycles. The minimum absolute atomic E-state index is 0.332. The molecule has 0 aliphatic carbocycles. The first-order valence-electron chi connectivity index (χ1n) is 9.00. The van der Waals surface area contributed by atoms with E-state index in [0.29, 0.717) is 12.0 Å². The number of benzene rings is 2. The van der Waals surface area contributed by atoms with Crippen LogP contribution < -0.4 is 10.9 Å². The Labute approximate surface area is 158 Å². The maximum absolute atomic E-state index is 4.39. The molecular weight excluding hydrogens is 340 g/mol. The van der Waals surface area contributed by atoms with E-state index < -0.39 is 0 Å². The lowest BCUT2D eigenvalue weighted by Crippen LogP contribution is -2.30. The normalized spacial score (nSPS) is 19.9. The fourth-order valence-corrected chi connectivity index (χ4v) is 4.30. The van der Waals surface area contributed by atoms with Gasteiger partial charge in [0.15, 0.2) is 0 Å². The number of hydrogen-bond donors (Lipinski definition) is 2. The second-order valence-corrected chi connectivity index (χ2v) is 7.85. The summed E-state index contributed by atoms with van der Waals surface area (Å²) < 4.78 is 0. The van der Waals surface area contributed by atoms with Crippen molar-refractivity contribution >= 4 is 11.3 Å². The Morgan fingerprint density at radius 3 is 2.58 bits per heavy atom. The lowest BCUT2D eigenvalue weighted by molar-refractivity contribution is 0.262. The van der Waals surface area contributed by atoms with Crippen molar-refractivity contribution in [2.24, 2.45) is 5.92 Å². The van der Waals surface area contributed by atoms with Gasteiger partial charge in [0.05, 0.1) is 12.6 Å². The molecule has 26 heavy (non-hydrogen) atoms. The second kappa shape index (κ2) is 8.10. The first-order valence-corrected chi connectivity index (χ1v) is 9.88. The molecule has 4 nitrogen and oxygen atoms in total. The number of nitrogens with one attached hydrogen (secondary N) is 2. The van der Waals surface area contributed by atoms with Crippen LogP contribution in [0.4, 0.5) is 0 Å². The van der Waals surface area contributed by atoms with Crippen LogP contribution in [0.15, 0.2) is 66.2 Å². The largest absolute Gasteiger partial charge is 0.299 e. The third kappa shape index (κ3) is 4.02. The van der Waals surface area contributed by atoms with Crippen LogP contribution in [0, 0.1) is 5.92 Å². The fourth-order valence-electron chi connectivity index (χ4n) is 3.60. The molecule has 5 heteroatoms. The summed E-state index contributed by atoms with van der Waals surface area (Å²) in [7, 11) is 2.18. The summed E-state index contributed by atoms with van der Waals surface area (Å²) in [6.07, 6.45) is 1.88. The van der Waals surface area contributed by atoms with Gasteiger partial charge in [0.25, 0.3) is 0 Å². The van der Waals surface area contributed by atoms with Crippen molar-refractivity contribution in [2.45, 2.75) is 12.6 Å². The molecule has 2 aromatic carbocycles. The number of thiazole rings is 1. The summed E-state index contributed by atoms with van der Waals surface area (Å²) in [5.41, 5.74) is 10.7. The van der Waals surface area contributed by atoms with Crippen molar-refractivity contribution in [3.63, 3.8) is 0 Å². The van der Waals surface area contributed by atoms with Crippen molar-refractivity contribution in [1.29, 1.82) is 0 Å². The zero-order valence-corrected chi connectivity index (χ0v) is 15.7. The first-order chi connectivity index (χ1) is 12.8. The van der Waals surface area contributed by atoms with Gasteiger partial charge < -0.3 is 0 Å². The highest BCUT2D eigenvalue weighted by Crippen LogP contribution is 2.28. The minimum atomic E-state index is 0.332. The Bertz CT molecular complexity index is 802. The summed E-state index contributed by atoms with van der Waals surface area (Å²) in [5.74, 6) is 0.530. The summed E-state index contributed by atoms with van der Waals surface area (Å²) in [5, 5.41) is 3.22. The molecule has 1 aromatic heterocycles. The van der Waals surface area contributed by atoms with Gasteiger partial charge in [-0.2, -0.15) is 0 Å². The highest BCUT2D eigenvalue weighted by Gasteiger charge is 2.29. The molecular formula is C21H24N4S. The van der Waals surface area contributed by atoms with Crippen LogP contribution in [0.5, 0.6) is 0 Å². The van der Waals surface area contributed by atoms with Crippen LogP contribution in [0.3, 0.4) is 0 Å². The van der Waals surface area contributed by atoms with Crippen LogP contribution in [0.1, 0.15) is 16.6 Å². The number of aromatic nitrogens is 1. The molecule has 1 aliphatic rings. The Kier molecular flexibility index (Phi) is 5.41. The topological polar surface area (TPSA) is 40.2 Å². The van der Waals surface area contributed by atoms with Gasteiger partial charge in [0.1, 0.15) is 5.01 Å². The van der Waals surface area contributed by atoms with Gasteiger partial charge >= 0.3 is 0 Å². The predicted octanol–water partition coefficient (Wildman–Crippen LogP) is 3.71. The van der Waals surface area contributed by atoms with E-state index in [1.807, 2.05) is 11.6 Å². The number of hydrogen-bond acceptors (Lipinski definition) is 5. The van der Waals surface area contributed by atoms with Gasteiger partial charge in [-0.05, 0) is 23.7 Å². The van der Waals surface area contributed by atoms with Crippen LogP contribution in [0.2, 0.25) is 0 Å². The Hall–Kier alpha value is -2.05. The van der Waals surface area contributed by atoms with E-state index in [9.17, 15) is 0 Å². The number of rotatable bonds is 6. The maximum atomic E-state index is 4.39. The van der Waals surface area contributed by atoms with Crippen molar-refractivity contribution in [3.8, 4) is 11.1 Å². The number of hydrazine groups is 1. The molecule has 2 heterocycles. The van der Waals surface area contributed by atoms with E-state index >= 15 is 0 Å². The summed E-state index contributed by atoms with van der Waals surface area (Å²) >= 11 is 1.72. The SMILES string of the molecule is CN(Cc1nccs1)CC1CNNC1c1ccc(-c2ccccc2)cc1. The summed E-state index contributed by atoms with van der Waals surface area (Å²) in [6, 6.07) is 19.8. The minimum Gasteiger partial charge on any atom is -0.299 e. The highest BCUT2D eigenvalue weighted by molar-refractivity contribution is 7.09. The van der Waals surface area contributed by atoms with Crippen LogP contribution in [-0.4, -0.2) is 30.0 Å². The number of nitrogens with zero attached hydrogens (tertiary/aromatic N) is 2. The lowest BCUT2D eigenvalue weighted by atomic mass is 9.93. The van der Waals surface area contributed by atoms with E-state index in [1.165, 1.54) is 21.7 Å². The van der Waals surface area contributed by atoms with Gasteiger partial charge in [-0.3, -0.25) is 10.3 Å². The summed E-state index contributed by atoms with van der Waals surface area (Å²) in [6.45, 7) is 2.92. The quantitative estimate of drug-likeness (QED) is 0.700. The van der Waals surface area contributed by atoms with Gasteiger partial charge in [-0.15, -0.1) is 11.3 Å². The molecule has 2 N–H and O–H groups in total. The monoisotopic (exact) mass is 364 g/mol. The van der Waals surface area contributed by atoms with Crippen molar-refractivity contribution in [1.82, 2.24) is 20.7 Å². The van der Waals surface area contributed by atoms with Gasteiger partial charge in [-0.25, -0.2) is 10.4 Å². The molecule has 0 spiro atoms. The molecule has 1 saturated heterocycles. The zero-order valence-electron chi connectivity index (χ0n) is 14.9. The Morgan fingerprint density at radius 1 is 1.08 bits per heavy atom. The Balaban J connectivity index is 1.43. The molecule has 4 rings (SSSR count). The molecule has 1 fully saturated rings. The van der Waals surface area contributed by atoms with Crippen molar-refractivity contribution < 1.29 is 0 Å². The molecule has 1 aliphatic heterocycles. The fraction of sp³-hybridized carbons (Fsp3) is 0.286. The standard InChI is InChI=1S/C21H24N4S/c1-25(15-20-22-11-12-26-20)14-19-13-23-24-21(19)18-9-7-17(8-10-18)16-5-3-2-4-6-16/h2-12,19,21,23-24H,13-15H2,1H3. The molecule has 0 bridgehead atoms. The third-order valence-electron chi connectivity index (χ3n) is 4.90. The molecule has 2 unspecified atom stereocenters. The summed E-state index contributed by atoms with van der Waals surface area (Å²) in [4.78, 5) is 6.76. The predicted molar refractivity (Wildman–Crippen MR) is 108 cm³/mol. The van der Waals surface area contributed by atoms with E-state index in [0.717, 1.165) is 19.6 Å². The van der Waals surface area contributed by atoms with Gasteiger partial charge in [0.2, 0.25) is 0 Å². The van der Waals surface area contributed by atoms with Crippen LogP contribution in [-0.2, 0) is 6.54 Å². The smallest absolute Gasteiger partial charge is 0.107 e. The molecule has 2 atom stereocenters. The molecule has 3 aromatic rings. The average Bonchev–Trinajstić information content (AvgIpc) is 3.35. The van der Waals surface area contributed by atoms with Crippen LogP contribution in [0.25, 0.3) is 11.1 Å². The van der Waals surface area contributed by atoms with Crippen molar-refractivity contribution in [2.75, 3.05) is 20.1 Å². The zero-order chi connectivity index (χ0) is 17.8. The average molecular weight is 365 g/mol. The van der Waals surface area contributed by atoms with E-state index in [-0.39, 0.29) is 0 Å². The van der Waals surface area contributed by atoms with E-state index in [2.05, 4.69) is 82.4 Å². The molecule has 0 amide bonds. The van der Waals surface area contributed by atoms with Crippen LogP contribution >= 0.6 is 11.3 Å². The van der Waals surface area contributed by atoms with E-state index in [4.69, 9.17) is 0 Å². The Morgan fingerprint density at radius 2 is 1.85 bits per heavy atom. The first kappa shape index (κ1) is 17.4. The molecule has 134 valence electrons. The second-order valence-electron chi connectivity index (χ2n) is 6.87. The highest BCUT2D eigenvalue weighted by atomic mass is 32.1.